The average molecular weight is 379 g/mol. The Balaban J connectivity index is 1.42. The van der Waals surface area contributed by atoms with E-state index in [4.69, 9.17) is 0 Å². The molecular formula is C22H25N3O3. The van der Waals surface area contributed by atoms with Gasteiger partial charge in [-0.2, -0.15) is 0 Å². The topological polar surface area (TPSA) is 78.5 Å². The number of amides is 3. The number of piperazine rings is 1. The second-order valence-electron chi connectivity index (χ2n) is 6.89. The molecule has 2 N–H and O–H groups in total. The van der Waals surface area contributed by atoms with E-state index in [1.165, 1.54) is 5.56 Å². The maximum atomic E-state index is 12.4. The molecule has 1 fully saturated rings. The highest BCUT2D eigenvalue weighted by atomic mass is 16.2. The van der Waals surface area contributed by atoms with E-state index in [2.05, 4.69) is 22.8 Å². The van der Waals surface area contributed by atoms with Crippen LogP contribution in [0.15, 0.2) is 54.6 Å². The Bertz CT molecular complexity index is 819. The molecule has 28 heavy (non-hydrogen) atoms. The number of rotatable bonds is 7. The first kappa shape index (κ1) is 19.6. The molecule has 0 radical (unpaired) electrons. The normalized spacial score (nSPS) is 13.7. The maximum Gasteiger partial charge on any atom is 0.254 e. The van der Waals surface area contributed by atoms with Crippen molar-refractivity contribution in [3.8, 4) is 0 Å². The van der Waals surface area contributed by atoms with E-state index in [0.29, 0.717) is 31.6 Å². The molecule has 2 aromatic rings. The molecule has 1 saturated heterocycles. The fourth-order valence-electron chi connectivity index (χ4n) is 3.15. The summed E-state index contributed by atoms with van der Waals surface area (Å²) in [5, 5.41) is 5.62. The van der Waals surface area contributed by atoms with Crippen LogP contribution in [0.25, 0.3) is 0 Å². The van der Waals surface area contributed by atoms with Crippen LogP contribution in [-0.2, 0) is 22.6 Å². The highest BCUT2D eigenvalue weighted by Crippen LogP contribution is 2.09. The van der Waals surface area contributed by atoms with Gasteiger partial charge in [-0.1, -0.05) is 42.5 Å². The predicted octanol–water partition coefficient (Wildman–Crippen LogP) is 1.90. The lowest BCUT2D eigenvalue weighted by Crippen LogP contribution is -2.49. The lowest BCUT2D eigenvalue weighted by atomic mass is 10.1. The van der Waals surface area contributed by atoms with Crippen molar-refractivity contribution >= 4 is 17.7 Å². The monoisotopic (exact) mass is 379 g/mol. The van der Waals surface area contributed by atoms with Crippen molar-refractivity contribution in [2.24, 2.45) is 0 Å². The maximum absolute atomic E-state index is 12.4. The molecular weight excluding hydrogens is 354 g/mol. The first-order valence-electron chi connectivity index (χ1n) is 9.57. The van der Waals surface area contributed by atoms with E-state index in [-0.39, 0.29) is 24.3 Å². The van der Waals surface area contributed by atoms with Gasteiger partial charge in [0.25, 0.3) is 5.91 Å². The summed E-state index contributed by atoms with van der Waals surface area (Å²) < 4.78 is 0. The van der Waals surface area contributed by atoms with Crippen LogP contribution in [0.4, 0.5) is 0 Å². The summed E-state index contributed by atoms with van der Waals surface area (Å²) in [7, 11) is 0. The Morgan fingerprint density at radius 2 is 1.75 bits per heavy atom. The van der Waals surface area contributed by atoms with Gasteiger partial charge in [0, 0.05) is 31.6 Å². The molecule has 6 nitrogen and oxygen atoms in total. The summed E-state index contributed by atoms with van der Waals surface area (Å²) in [5.74, 6) is -0.257. The second-order valence-corrected chi connectivity index (χ2v) is 6.89. The molecule has 1 aliphatic rings. The van der Waals surface area contributed by atoms with Gasteiger partial charge in [0.2, 0.25) is 11.8 Å². The first-order chi connectivity index (χ1) is 13.6. The number of aryl methyl sites for hydroxylation is 1. The van der Waals surface area contributed by atoms with E-state index >= 15 is 0 Å². The third kappa shape index (κ3) is 5.67. The predicted molar refractivity (Wildman–Crippen MR) is 107 cm³/mol. The molecule has 0 atom stereocenters. The Hall–Kier alpha value is -3.15. The Morgan fingerprint density at radius 3 is 2.46 bits per heavy atom. The van der Waals surface area contributed by atoms with Gasteiger partial charge in [0.05, 0.1) is 6.54 Å². The SMILES string of the molecule is O=C(CCCc1ccccc1)NCc1ccc(C(=O)N2CCNC(=O)C2)cc1. The minimum Gasteiger partial charge on any atom is -0.353 e. The molecule has 3 amide bonds. The van der Waals surface area contributed by atoms with Gasteiger partial charge in [-0.3, -0.25) is 14.4 Å². The fourth-order valence-corrected chi connectivity index (χ4v) is 3.15. The van der Waals surface area contributed by atoms with Crippen LogP contribution in [0.2, 0.25) is 0 Å². The van der Waals surface area contributed by atoms with Crippen molar-refractivity contribution in [3.63, 3.8) is 0 Å². The molecule has 2 aromatic carbocycles. The summed E-state index contributed by atoms with van der Waals surface area (Å²) in [6, 6.07) is 17.3. The minimum absolute atomic E-state index is 0.0235. The lowest BCUT2D eigenvalue weighted by molar-refractivity contribution is -0.123. The zero-order valence-corrected chi connectivity index (χ0v) is 15.8. The fraction of sp³-hybridized carbons (Fsp3) is 0.318. The molecule has 0 aromatic heterocycles. The molecule has 146 valence electrons. The zero-order chi connectivity index (χ0) is 19.8. The number of carbonyl (C=O) groups excluding carboxylic acids is 3. The Labute approximate surface area is 164 Å². The van der Waals surface area contributed by atoms with Crippen LogP contribution >= 0.6 is 0 Å². The summed E-state index contributed by atoms with van der Waals surface area (Å²) >= 11 is 0. The number of benzene rings is 2. The average Bonchev–Trinajstić information content (AvgIpc) is 2.73. The Kier molecular flexibility index (Phi) is 6.78. The van der Waals surface area contributed by atoms with Gasteiger partial charge < -0.3 is 15.5 Å². The molecule has 0 saturated carbocycles. The third-order valence-corrected chi connectivity index (χ3v) is 4.73. The van der Waals surface area contributed by atoms with Crippen LogP contribution in [-0.4, -0.2) is 42.3 Å². The number of nitrogens with zero attached hydrogens (tertiary/aromatic N) is 1. The van der Waals surface area contributed by atoms with Crippen molar-refractivity contribution in [1.29, 1.82) is 0 Å². The lowest BCUT2D eigenvalue weighted by Gasteiger charge is -2.26. The second kappa shape index (κ2) is 9.69. The van der Waals surface area contributed by atoms with Crippen LogP contribution in [0, 0.1) is 0 Å². The molecule has 1 aliphatic heterocycles. The minimum atomic E-state index is -0.147. The summed E-state index contributed by atoms with van der Waals surface area (Å²) in [6.45, 7) is 1.54. The van der Waals surface area contributed by atoms with E-state index in [9.17, 15) is 14.4 Å². The molecule has 0 spiro atoms. The first-order valence-corrected chi connectivity index (χ1v) is 9.57. The quantitative estimate of drug-likeness (QED) is 0.771. The van der Waals surface area contributed by atoms with Gasteiger partial charge in [-0.05, 0) is 36.1 Å². The Morgan fingerprint density at radius 1 is 1.00 bits per heavy atom. The van der Waals surface area contributed by atoms with Crippen molar-refractivity contribution in [2.75, 3.05) is 19.6 Å². The van der Waals surface area contributed by atoms with Crippen molar-refractivity contribution in [1.82, 2.24) is 15.5 Å². The summed E-state index contributed by atoms with van der Waals surface area (Å²) in [6.07, 6.45) is 2.19. The van der Waals surface area contributed by atoms with Crippen molar-refractivity contribution < 1.29 is 14.4 Å². The van der Waals surface area contributed by atoms with Gasteiger partial charge in [-0.25, -0.2) is 0 Å². The van der Waals surface area contributed by atoms with E-state index < -0.39 is 0 Å². The smallest absolute Gasteiger partial charge is 0.254 e. The highest BCUT2D eigenvalue weighted by molar-refractivity contribution is 5.97. The highest BCUT2D eigenvalue weighted by Gasteiger charge is 2.22. The van der Waals surface area contributed by atoms with Gasteiger partial charge in [0.15, 0.2) is 0 Å². The van der Waals surface area contributed by atoms with Crippen LogP contribution in [0.5, 0.6) is 0 Å². The zero-order valence-electron chi connectivity index (χ0n) is 15.8. The van der Waals surface area contributed by atoms with Crippen LogP contribution < -0.4 is 10.6 Å². The molecule has 6 heteroatoms. The summed E-state index contributed by atoms with van der Waals surface area (Å²) in [4.78, 5) is 37.4. The third-order valence-electron chi connectivity index (χ3n) is 4.73. The molecule has 3 rings (SSSR count). The van der Waals surface area contributed by atoms with E-state index in [0.717, 1.165) is 18.4 Å². The van der Waals surface area contributed by atoms with Crippen LogP contribution in [0.1, 0.15) is 34.3 Å². The number of hydrogen-bond acceptors (Lipinski definition) is 3. The van der Waals surface area contributed by atoms with Crippen LogP contribution in [0.3, 0.4) is 0 Å². The standard InChI is InChI=1S/C22H25N3O3/c26-20(8-4-7-17-5-2-1-3-6-17)24-15-18-9-11-19(12-10-18)22(28)25-14-13-23-21(27)16-25/h1-3,5-6,9-12H,4,7-8,13-16H2,(H,23,27)(H,24,26). The van der Waals surface area contributed by atoms with E-state index in [1.54, 1.807) is 17.0 Å². The molecule has 0 bridgehead atoms. The largest absolute Gasteiger partial charge is 0.353 e. The van der Waals surface area contributed by atoms with Gasteiger partial charge in [0.1, 0.15) is 0 Å². The van der Waals surface area contributed by atoms with E-state index in [1.807, 2.05) is 30.3 Å². The molecule has 0 unspecified atom stereocenters. The van der Waals surface area contributed by atoms with Crippen molar-refractivity contribution in [2.45, 2.75) is 25.8 Å². The number of nitrogens with one attached hydrogen (secondary N) is 2. The van der Waals surface area contributed by atoms with Gasteiger partial charge >= 0.3 is 0 Å². The van der Waals surface area contributed by atoms with Gasteiger partial charge in [-0.15, -0.1) is 0 Å². The van der Waals surface area contributed by atoms with Crippen molar-refractivity contribution in [3.05, 3.63) is 71.3 Å². The number of carbonyl (C=O) groups is 3. The number of hydrogen-bond donors (Lipinski definition) is 2. The molecule has 0 aliphatic carbocycles. The summed E-state index contributed by atoms with van der Waals surface area (Å²) in [5.41, 5.74) is 2.72. The molecule has 1 heterocycles.